The molecule has 0 saturated heterocycles. The number of nitrogens with one attached hydrogen (secondary N) is 1. The number of nitrogens with zero attached hydrogens (tertiary/aromatic N) is 2. The number of aromatic nitrogens is 2. The molecule has 3 aromatic rings. The summed E-state index contributed by atoms with van der Waals surface area (Å²) in [6.45, 7) is 7.21. The summed E-state index contributed by atoms with van der Waals surface area (Å²) in [5.41, 5.74) is 5.26. The van der Waals surface area contributed by atoms with E-state index in [4.69, 9.17) is 4.98 Å². The molecular weight excluding hydrogens is 502 g/mol. The van der Waals surface area contributed by atoms with Gasteiger partial charge in [-0.2, -0.15) is 12.6 Å². The van der Waals surface area contributed by atoms with Gasteiger partial charge in [-0.05, 0) is 70.6 Å². The van der Waals surface area contributed by atoms with E-state index in [9.17, 15) is 14.7 Å². The van der Waals surface area contributed by atoms with Gasteiger partial charge < -0.3 is 15.0 Å². The van der Waals surface area contributed by atoms with E-state index in [1.165, 1.54) is 0 Å². The van der Waals surface area contributed by atoms with Gasteiger partial charge in [-0.25, -0.2) is 9.78 Å². The fourth-order valence-corrected chi connectivity index (χ4v) is 4.88. The summed E-state index contributed by atoms with van der Waals surface area (Å²) in [6.07, 6.45) is 3.46. The summed E-state index contributed by atoms with van der Waals surface area (Å²) in [5.74, 6) is -0.0204. The van der Waals surface area contributed by atoms with Gasteiger partial charge in [-0.1, -0.05) is 32.4 Å². The van der Waals surface area contributed by atoms with Crippen molar-refractivity contribution in [3.8, 4) is 0 Å². The Labute approximate surface area is 208 Å². The largest absolute Gasteiger partial charge is 0.478 e. The first-order valence-electron chi connectivity index (χ1n) is 11.2. The Bertz CT molecular complexity index is 1180. The van der Waals surface area contributed by atoms with Gasteiger partial charge in [0.1, 0.15) is 5.82 Å². The van der Waals surface area contributed by atoms with Crippen LogP contribution >= 0.6 is 28.6 Å². The molecule has 1 aromatic heterocycles. The highest BCUT2D eigenvalue weighted by Crippen LogP contribution is 2.26. The average molecular weight is 533 g/mol. The zero-order chi connectivity index (χ0) is 24.1. The molecule has 8 heteroatoms. The fourth-order valence-electron chi connectivity index (χ4n) is 3.93. The standard InChI is InChI=1S/C25H30BrN3O3S/c1-4-6-21(33)24(30)27-13-17-10-15(3)23-20(12-17)29(22(28-23)7-5-2)14-16-8-9-18(25(31)32)19(26)11-16/h8-12,21,33H,4-7,13-14H2,1-3H3,(H,27,30)(H,31,32). The van der Waals surface area contributed by atoms with E-state index >= 15 is 0 Å². The Kier molecular flexibility index (Phi) is 8.59. The second-order valence-electron chi connectivity index (χ2n) is 8.29. The van der Waals surface area contributed by atoms with Crippen LogP contribution in [-0.2, 0) is 24.3 Å². The summed E-state index contributed by atoms with van der Waals surface area (Å²) in [4.78, 5) is 28.6. The second kappa shape index (κ2) is 11.2. The molecule has 0 bridgehead atoms. The monoisotopic (exact) mass is 531 g/mol. The van der Waals surface area contributed by atoms with E-state index in [0.29, 0.717) is 17.6 Å². The van der Waals surface area contributed by atoms with Gasteiger partial charge in [0.25, 0.3) is 0 Å². The lowest BCUT2D eigenvalue weighted by atomic mass is 10.1. The SMILES string of the molecule is CCCc1nc2c(C)cc(CNC(=O)C(S)CCC)cc2n1Cc1ccc(C(=O)O)c(Br)c1. The van der Waals surface area contributed by atoms with Crippen LogP contribution in [0.15, 0.2) is 34.8 Å². The molecule has 33 heavy (non-hydrogen) atoms. The zero-order valence-corrected chi connectivity index (χ0v) is 21.7. The quantitative estimate of drug-likeness (QED) is 0.300. The van der Waals surface area contributed by atoms with Gasteiger partial charge >= 0.3 is 5.97 Å². The number of benzene rings is 2. The number of carboxylic acids is 1. The third-order valence-electron chi connectivity index (χ3n) is 5.59. The van der Waals surface area contributed by atoms with Crippen molar-refractivity contribution in [1.82, 2.24) is 14.9 Å². The van der Waals surface area contributed by atoms with Crippen LogP contribution in [0.5, 0.6) is 0 Å². The number of aromatic carboxylic acids is 1. The molecule has 2 N–H and O–H groups in total. The predicted molar refractivity (Wildman–Crippen MR) is 138 cm³/mol. The van der Waals surface area contributed by atoms with E-state index in [-0.39, 0.29) is 16.7 Å². The van der Waals surface area contributed by atoms with Crippen molar-refractivity contribution in [2.75, 3.05) is 0 Å². The summed E-state index contributed by atoms with van der Waals surface area (Å²) in [7, 11) is 0. The summed E-state index contributed by atoms with van der Waals surface area (Å²) in [5, 5.41) is 12.0. The topological polar surface area (TPSA) is 84.2 Å². The number of carbonyl (C=O) groups excluding carboxylic acids is 1. The van der Waals surface area contributed by atoms with Crippen LogP contribution in [0, 0.1) is 6.92 Å². The molecule has 0 fully saturated rings. The lowest BCUT2D eigenvalue weighted by Crippen LogP contribution is -2.30. The lowest BCUT2D eigenvalue weighted by Gasteiger charge is -2.13. The van der Waals surface area contributed by atoms with Gasteiger partial charge in [0.15, 0.2) is 0 Å². The van der Waals surface area contributed by atoms with Gasteiger partial charge in [-0.15, -0.1) is 0 Å². The Balaban J connectivity index is 1.95. The second-order valence-corrected chi connectivity index (χ2v) is 9.76. The van der Waals surface area contributed by atoms with E-state index < -0.39 is 5.97 Å². The third kappa shape index (κ3) is 5.98. The van der Waals surface area contributed by atoms with Crippen molar-refractivity contribution in [2.45, 2.75) is 64.8 Å². The molecule has 1 heterocycles. The van der Waals surface area contributed by atoms with E-state index in [1.54, 1.807) is 6.07 Å². The van der Waals surface area contributed by atoms with E-state index in [1.807, 2.05) is 26.0 Å². The lowest BCUT2D eigenvalue weighted by molar-refractivity contribution is -0.120. The van der Waals surface area contributed by atoms with Crippen molar-refractivity contribution in [3.05, 3.63) is 62.9 Å². The Morgan fingerprint density at radius 1 is 1.18 bits per heavy atom. The number of amides is 1. The number of hydrogen-bond donors (Lipinski definition) is 3. The van der Waals surface area contributed by atoms with Crippen molar-refractivity contribution in [3.63, 3.8) is 0 Å². The van der Waals surface area contributed by atoms with E-state index in [2.05, 4.69) is 57.5 Å². The van der Waals surface area contributed by atoms with Crippen molar-refractivity contribution >= 4 is 51.5 Å². The first-order valence-corrected chi connectivity index (χ1v) is 12.5. The summed E-state index contributed by atoms with van der Waals surface area (Å²) in [6, 6.07) is 9.47. The van der Waals surface area contributed by atoms with Gasteiger partial charge in [0.2, 0.25) is 5.91 Å². The highest BCUT2D eigenvalue weighted by molar-refractivity contribution is 9.10. The molecule has 2 aromatic carbocycles. The first kappa shape index (κ1) is 25.3. The average Bonchev–Trinajstić information content (AvgIpc) is 3.10. The van der Waals surface area contributed by atoms with Crippen LogP contribution < -0.4 is 5.32 Å². The molecule has 0 radical (unpaired) electrons. The van der Waals surface area contributed by atoms with Crippen molar-refractivity contribution < 1.29 is 14.7 Å². The van der Waals surface area contributed by atoms with Gasteiger partial charge in [-0.3, -0.25) is 4.79 Å². The molecule has 0 aliphatic heterocycles. The third-order valence-corrected chi connectivity index (χ3v) is 6.74. The molecule has 0 aliphatic rings. The normalized spacial score (nSPS) is 12.2. The molecule has 176 valence electrons. The molecule has 0 saturated carbocycles. The minimum absolute atomic E-state index is 0.0542. The Hall–Kier alpha value is -2.32. The van der Waals surface area contributed by atoms with Crippen LogP contribution in [0.1, 0.15) is 66.0 Å². The molecule has 0 aliphatic carbocycles. The maximum atomic E-state index is 12.3. The van der Waals surface area contributed by atoms with Crippen LogP contribution in [0.4, 0.5) is 0 Å². The highest BCUT2D eigenvalue weighted by Gasteiger charge is 2.17. The fraction of sp³-hybridized carbons (Fsp3) is 0.400. The predicted octanol–water partition coefficient (Wildman–Crippen LogP) is 5.52. The number of thiol groups is 1. The Morgan fingerprint density at radius 2 is 1.94 bits per heavy atom. The summed E-state index contributed by atoms with van der Waals surface area (Å²) < 4.78 is 2.75. The molecule has 3 rings (SSSR count). The number of imidazole rings is 1. The number of carbonyl (C=O) groups is 2. The van der Waals surface area contributed by atoms with Crippen LogP contribution in [0.2, 0.25) is 0 Å². The number of hydrogen-bond acceptors (Lipinski definition) is 4. The molecule has 1 unspecified atom stereocenters. The van der Waals surface area contributed by atoms with Gasteiger partial charge in [0.05, 0.1) is 21.8 Å². The molecule has 6 nitrogen and oxygen atoms in total. The van der Waals surface area contributed by atoms with Gasteiger partial charge in [0, 0.05) is 24.0 Å². The first-order chi connectivity index (χ1) is 15.7. The van der Waals surface area contributed by atoms with Crippen molar-refractivity contribution in [2.24, 2.45) is 0 Å². The molecular formula is C25H30BrN3O3S. The maximum absolute atomic E-state index is 12.3. The number of rotatable bonds is 10. The smallest absolute Gasteiger partial charge is 0.336 e. The number of fused-ring (bicyclic) bond motifs is 1. The molecule has 1 amide bonds. The van der Waals surface area contributed by atoms with Crippen LogP contribution in [0.25, 0.3) is 11.0 Å². The number of carboxylic acid groups (broad SMARTS) is 1. The highest BCUT2D eigenvalue weighted by atomic mass is 79.9. The number of aryl methyl sites for hydroxylation is 2. The molecule has 1 atom stereocenters. The minimum Gasteiger partial charge on any atom is -0.478 e. The zero-order valence-electron chi connectivity index (χ0n) is 19.2. The van der Waals surface area contributed by atoms with E-state index in [0.717, 1.165) is 59.2 Å². The Morgan fingerprint density at radius 3 is 2.58 bits per heavy atom. The van der Waals surface area contributed by atoms with Crippen LogP contribution in [-0.4, -0.2) is 31.8 Å². The minimum atomic E-state index is -0.960. The van der Waals surface area contributed by atoms with Crippen molar-refractivity contribution in [1.29, 1.82) is 0 Å². The summed E-state index contributed by atoms with van der Waals surface area (Å²) >= 11 is 7.77. The maximum Gasteiger partial charge on any atom is 0.336 e. The van der Waals surface area contributed by atoms with Crippen LogP contribution in [0.3, 0.4) is 0 Å². The number of halogens is 1. The molecule has 0 spiro atoms.